The molecule has 0 aliphatic carbocycles. The van der Waals surface area contributed by atoms with Crippen LogP contribution in [0.3, 0.4) is 0 Å². The van der Waals surface area contributed by atoms with Crippen LogP contribution >= 0.6 is 0 Å². The summed E-state index contributed by atoms with van der Waals surface area (Å²) in [5, 5.41) is 13.9. The maximum atomic E-state index is 12.4. The van der Waals surface area contributed by atoms with Crippen molar-refractivity contribution >= 4 is 23.0 Å². The van der Waals surface area contributed by atoms with Gasteiger partial charge in [0.1, 0.15) is 0 Å². The number of nitrogens with one attached hydrogen (secondary N) is 1. The predicted octanol–water partition coefficient (Wildman–Crippen LogP) is 3.28. The number of piperazine rings is 1. The van der Waals surface area contributed by atoms with Gasteiger partial charge in [-0.1, -0.05) is 18.2 Å². The molecule has 148 valence electrons. The van der Waals surface area contributed by atoms with Crippen LogP contribution in [0.25, 0.3) is 0 Å². The number of rotatable bonds is 5. The van der Waals surface area contributed by atoms with Crippen molar-refractivity contribution in [3.05, 3.63) is 63.2 Å². The normalized spacial score (nSPS) is 14.8. The largest absolute Gasteiger partial charge is 0.369 e. The molecule has 1 amide bonds. The lowest BCUT2D eigenvalue weighted by Crippen LogP contribution is -2.48. The molecule has 0 saturated carbocycles. The van der Waals surface area contributed by atoms with E-state index in [-0.39, 0.29) is 18.1 Å². The number of nitro groups is 1. The Bertz CT molecular complexity index is 889. The van der Waals surface area contributed by atoms with E-state index in [1.807, 2.05) is 0 Å². The average molecular weight is 382 g/mol. The molecule has 1 fully saturated rings. The molecule has 0 atom stereocenters. The highest BCUT2D eigenvalue weighted by Crippen LogP contribution is 2.26. The minimum Gasteiger partial charge on any atom is -0.369 e. The van der Waals surface area contributed by atoms with E-state index in [2.05, 4.69) is 47.2 Å². The summed E-state index contributed by atoms with van der Waals surface area (Å²) in [5.41, 5.74) is 4.83. The van der Waals surface area contributed by atoms with Crippen molar-refractivity contribution in [1.29, 1.82) is 0 Å². The quantitative estimate of drug-likeness (QED) is 0.634. The Balaban J connectivity index is 1.56. The lowest BCUT2D eigenvalue weighted by molar-refractivity contribution is -0.385. The molecular formula is C21H26N4O3. The molecule has 3 rings (SSSR count). The van der Waals surface area contributed by atoms with Crippen LogP contribution in [0.4, 0.5) is 17.1 Å². The van der Waals surface area contributed by atoms with Crippen LogP contribution < -0.4 is 10.2 Å². The van der Waals surface area contributed by atoms with Gasteiger partial charge in [0.15, 0.2) is 0 Å². The highest BCUT2D eigenvalue weighted by atomic mass is 16.6. The number of anilines is 2. The molecule has 1 aliphatic heterocycles. The van der Waals surface area contributed by atoms with Crippen molar-refractivity contribution in [3.63, 3.8) is 0 Å². The number of carbonyl (C=O) groups is 1. The standard InChI is InChI=1S/C21H26N4O3/c1-15-6-4-8-19(16(15)2)24-12-10-23(11-13-24)14-21(26)22-18-7-5-9-20(17(18)3)25(27)28/h4-9H,10-14H2,1-3H3,(H,22,26). The molecule has 2 aromatic carbocycles. The number of amides is 1. The molecule has 0 radical (unpaired) electrons. The zero-order valence-electron chi connectivity index (χ0n) is 16.6. The van der Waals surface area contributed by atoms with Gasteiger partial charge in [0.05, 0.1) is 22.7 Å². The summed E-state index contributed by atoms with van der Waals surface area (Å²) in [6, 6.07) is 11.1. The molecular weight excluding hydrogens is 356 g/mol. The van der Waals surface area contributed by atoms with E-state index in [0.29, 0.717) is 11.3 Å². The minimum absolute atomic E-state index is 0.0138. The number of hydrogen-bond acceptors (Lipinski definition) is 5. The van der Waals surface area contributed by atoms with Gasteiger partial charge < -0.3 is 10.2 Å². The Morgan fingerprint density at radius 3 is 2.39 bits per heavy atom. The molecule has 1 saturated heterocycles. The first-order chi connectivity index (χ1) is 13.4. The van der Waals surface area contributed by atoms with Gasteiger partial charge in [0.2, 0.25) is 5.91 Å². The molecule has 0 aromatic heterocycles. The lowest BCUT2D eigenvalue weighted by atomic mass is 10.1. The fourth-order valence-corrected chi connectivity index (χ4v) is 3.57. The minimum atomic E-state index is -0.433. The zero-order chi connectivity index (χ0) is 20.3. The second-order valence-corrected chi connectivity index (χ2v) is 7.24. The van der Waals surface area contributed by atoms with Gasteiger partial charge in [-0.3, -0.25) is 19.8 Å². The molecule has 2 aromatic rings. The zero-order valence-corrected chi connectivity index (χ0v) is 16.6. The van der Waals surface area contributed by atoms with Crippen LogP contribution in [0.5, 0.6) is 0 Å². The SMILES string of the molecule is Cc1cccc(N2CCN(CC(=O)Nc3cccc([N+](=O)[O-])c3C)CC2)c1C. The maximum Gasteiger partial charge on any atom is 0.274 e. The fourth-order valence-electron chi connectivity index (χ4n) is 3.57. The van der Waals surface area contributed by atoms with Crippen molar-refractivity contribution in [2.45, 2.75) is 20.8 Å². The van der Waals surface area contributed by atoms with Gasteiger partial charge in [-0.05, 0) is 44.0 Å². The molecule has 7 nitrogen and oxygen atoms in total. The first-order valence-corrected chi connectivity index (χ1v) is 9.44. The maximum absolute atomic E-state index is 12.4. The highest BCUT2D eigenvalue weighted by Gasteiger charge is 2.21. The van der Waals surface area contributed by atoms with Crippen molar-refractivity contribution < 1.29 is 9.72 Å². The summed E-state index contributed by atoms with van der Waals surface area (Å²) < 4.78 is 0. The van der Waals surface area contributed by atoms with Crippen molar-refractivity contribution in [1.82, 2.24) is 4.90 Å². The second-order valence-electron chi connectivity index (χ2n) is 7.24. The van der Waals surface area contributed by atoms with Crippen LogP contribution in [0.1, 0.15) is 16.7 Å². The molecule has 1 heterocycles. The van der Waals surface area contributed by atoms with Gasteiger partial charge in [-0.15, -0.1) is 0 Å². The Morgan fingerprint density at radius 2 is 1.71 bits per heavy atom. The number of benzene rings is 2. The van der Waals surface area contributed by atoms with Crippen molar-refractivity contribution in [2.24, 2.45) is 0 Å². The number of aryl methyl sites for hydroxylation is 1. The Kier molecular flexibility index (Phi) is 5.94. The average Bonchev–Trinajstić information content (AvgIpc) is 2.66. The smallest absolute Gasteiger partial charge is 0.274 e. The lowest BCUT2D eigenvalue weighted by Gasteiger charge is -2.36. The summed E-state index contributed by atoms with van der Waals surface area (Å²) in [6.45, 7) is 9.53. The topological polar surface area (TPSA) is 78.7 Å². The monoisotopic (exact) mass is 382 g/mol. The summed E-state index contributed by atoms with van der Waals surface area (Å²) >= 11 is 0. The van der Waals surface area contributed by atoms with Gasteiger partial charge in [0.25, 0.3) is 5.69 Å². The van der Waals surface area contributed by atoms with E-state index < -0.39 is 4.92 Å². The molecule has 0 unspecified atom stereocenters. The van der Waals surface area contributed by atoms with E-state index in [1.54, 1.807) is 19.1 Å². The van der Waals surface area contributed by atoms with E-state index in [0.717, 1.165) is 26.2 Å². The van der Waals surface area contributed by atoms with Crippen molar-refractivity contribution in [2.75, 3.05) is 42.9 Å². The Morgan fingerprint density at radius 1 is 1.04 bits per heavy atom. The van der Waals surface area contributed by atoms with E-state index in [4.69, 9.17) is 0 Å². The number of nitro benzene ring substituents is 1. The second kappa shape index (κ2) is 8.39. The number of carbonyl (C=O) groups excluding carboxylic acids is 1. The first kappa shape index (κ1) is 19.8. The number of hydrogen-bond donors (Lipinski definition) is 1. The molecule has 7 heteroatoms. The third kappa shape index (κ3) is 4.31. The van der Waals surface area contributed by atoms with Gasteiger partial charge in [-0.2, -0.15) is 0 Å². The summed E-state index contributed by atoms with van der Waals surface area (Å²) in [4.78, 5) is 27.5. The third-order valence-electron chi connectivity index (χ3n) is 5.43. The Labute approximate surface area is 165 Å². The van der Waals surface area contributed by atoms with Crippen LogP contribution in [0.2, 0.25) is 0 Å². The van der Waals surface area contributed by atoms with Crippen molar-refractivity contribution in [3.8, 4) is 0 Å². The first-order valence-electron chi connectivity index (χ1n) is 9.44. The van der Waals surface area contributed by atoms with Gasteiger partial charge in [-0.25, -0.2) is 0 Å². The fraction of sp³-hybridized carbons (Fsp3) is 0.381. The molecule has 0 spiro atoms. The van der Waals surface area contributed by atoms with Crippen LogP contribution in [0, 0.1) is 30.9 Å². The summed E-state index contributed by atoms with van der Waals surface area (Å²) in [5.74, 6) is -0.149. The molecule has 28 heavy (non-hydrogen) atoms. The van der Waals surface area contributed by atoms with Crippen LogP contribution in [0.15, 0.2) is 36.4 Å². The predicted molar refractivity (Wildman–Crippen MR) is 111 cm³/mol. The summed E-state index contributed by atoms with van der Waals surface area (Å²) in [7, 11) is 0. The molecule has 1 aliphatic rings. The number of nitrogens with zero attached hydrogens (tertiary/aromatic N) is 3. The molecule has 1 N–H and O–H groups in total. The third-order valence-corrected chi connectivity index (χ3v) is 5.43. The van der Waals surface area contributed by atoms with E-state index in [1.165, 1.54) is 22.9 Å². The highest BCUT2D eigenvalue weighted by molar-refractivity contribution is 5.93. The van der Waals surface area contributed by atoms with Crippen LogP contribution in [-0.4, -0.2) is 48.5 Å². The van der Waals surface area contributed by atoms with E-state index >= 15 is 0 Å². The van der Waals surface area contributed by atoms with E-state index in [9.17, 15) is 14.9 Å². The summed E-state index contributed by atoms with van der Waals surface area (Å²) in [6.07, 6.45) is 0. The van der Waals surface area contributed by atoms with Crippen LogP contribution in [-0.2, 0) is 4.79 Å². The Hall–Kier alpha value is -2.93. The molecule has 0 bridgehead atoms. The van der Waals surface area contributed by atoms with Gasteiger partial charge in [0, 0.05) is 37.9 Å². The van der Waals surface area contributed by atoms with Gasteiger partial charge >= 0.3 is 0 Å².